The van der Waals surface area contributed by atoms with Crippen LogP contribution in [0.2, 0.25) is 0 Å². The number of esters is 1. The van der Waals surface area contributed by atoms with Crippen molar-refractivity contribution in [3.8, 4) is 11.8 Å². The molecule has 0 unspecified atom stereocenters. The molecule has 0 amide bonds. The lowest BCUT2D eigenvalue weighted by Gasteiger charge is -2.04. The van der Waals surface area contributed by atoms with Crippen LogP contribution in [0.1, 0.15) is 28.1 Å². The normalized spacial score (nSPS) is 11.2. The number of aryl methyl sites for hydroxylation is 1. The van der Waals surface area contributed by atoms with Gasteiger partial charge < -0.3 is 9.14 Å². The van der Waals surface area contributed by atoms with Crippen LogP contribution in [-0.4, -0.2) is 20.2 Å². The van der Waals surface area contributed by atoms with Crippen LogP contribution in [0.4, 0.5) is 4.39 Å². The molecule has 31 heavy (non-hydrogen) atoms. The second kappa shape index (κ2) is 8.28. The van der Waals surface area contributed by atoms with Crippen LogP contribution in [0.15, 0.2) is 60.9 Å². The van der Waals surface area contributed by atoms with Crippen LogP contribution in [0.3, 0.4) is 0 Å². The highest BCUT2D eigenvalue weighted by Crippen LogP contribution is 2.21. The van der Waals surface area contributed by atoms with Gasteiger partial charge in [-0.3, -0.25) is 0 Å². The van der Waals surface area contributed by atoms with Crippen molar-refractivity contribution >= 4 is 17.6 Å². The lowest BCUT2D eigenvalue weighted by molar-refractivity contribution is -0.138. The van der Waals surface area contributed by atoms with Crippen molar-refractivity contribution < 1.29 is 13.9 Å². The van der Waals surface area contributed by atoms with E-state index < -0.39 is 5.97 Å². The van der Waals surface area contributed by atoms with E-state index in [4.69, 9.17) is 4.74 Å². The van der Waals surface area contributed by atoms with E-state index in [2.05, 4.69) is 11.2 Å². The average Bonchev–Trinajstić information content (AvgIpc) is 3.27. The van der Waals surface area contributed by atoms with E-state index in [1.165, 1.54) is 18.2 Å². The number of rotatable bonds is 5. The predicted molar refractivity (Wildman–Crippen MR) is 114 cm³/mol. The minimum Gasteiger partial charge on any atom is -0.458 e. The molecule has 0 aliphatic rings. The van der Waals surface area contributed by atoms with Crippen LogP contribution in [-0.2, 0) is 16.1 Å². The Balaban J connectivity index is 1.49. The summed E-state index contributed by atoms with van der Waals surface area (Å²) in [7, 11) is 0. The SMILES string of the molecule is Cc1nn(-c2ccc(F)cc2)c(C)c1/C=C/C(=O)OCc1cn2ccccc2c1C#N. The second-order valence-electron chi connectivity index (χ2n) is 7.05. The molecule has 0 fully saturated rings. The monoisotopic (exact) mass is 414 g/mol. The Labute approximate surface area is 178 Å². The summed E-state index contributed by atoms with van der Waals surface area (Å²) in [4.78, 5) is 12.3. The molecule has 1 aromatic carbocycles. The van der Waals surface area contributed by atoms with Gasteiger partial charge in [0.15, 0.2) is 0 Å². The van der Waals surface area contributed by atoms with Gasteiger partial charge in [-0.25, -0.2) is 13.9 Å². The zero-order valence-corrected chi connectivity index (χ0v) is 17.0. The number of halogens is 1. The number of nitrogens with zero attached hydrogens (tertiary/aromatic N) is 4. The first-order valence-electron chi connectivity index (χ1n) is 9.63. The van der Waals surface area contributed by atoms with E-state index in [0.29, 0.717) is 11.1 Å². The highest BCUT2D eigenvalue weighted by Gasteiger charge is 2.13. The first-order valence-corrected chi connectivity index (χ1v) is 9.63. The average molecular weight is 414 g/mol. The molecule has 6 nitrogen and oxygen atoms in total. The molecule has 7 heteroatoms. The highest BCUT2D eigenvalue weighted by atomic mass is 19.1. The molecule has 0 bridgehead atoms. The number of ether oxygens (including phenoxy) is 1. The van der Waals surface area contributed by atoms with Crippen molar-refractivity contribution in [3.63, 3.8) is 0 Å². The number of benzene rings is 1. The van der Waals surface area contributed by atoms with Gasteiger partial charge in [0, 0.05) is 35.3 Å². The lowest BCUT2D eigenvalue weighted by Crippen LogP contribution is -2.01. The molecule has 0 saturated heterocycles. The Hall–Kier alpha value is -4.18. The third-order valence-corrected chi connectivity index (χ3v) is 5.05. The van der Waals surface area contributed by atoms with Crippen molar-refractivity contribution in [2.75, 3.05) is 0 Å². The second-order valence-corrected chi connectivity index (χ2v) is 7.05. The van der Waals surface area contributed by atoms with Gasteiger partial charge in [-0.2, -0.15) is 10.4 Å². The Morgan fingerprint density at radius 3 is 2.74 bits per heavy atom. The zero-order valence-electron chi connectivity index (χ0n) is 17.0. The molecular weight excluding hydrogens is 395 g/mol. The molecule has 4 rings (SSSR count). The standard InChI is InChI=1S/C24H19FN4O2/c1-16-21(17(2)29(27-16)20-8-6-19(25)7-9-20)10-11-24(30)31-15-18-14-28-12-4-3-5-23(28)22(18)13-26/h3-12,14H,15H2,1-2H3/b11-10+. The molecule has 4 aromatic rings. The van der Waals surface area contributed by atoms with Gasteiger partial charge in [0.2, 0.25) is 0 Å². The summed E-state index contributed by atoms with van der Waals surface area (Å²) < 4.78 is 22.1. The Kier molecular flexibility index (Phi) is 5.37. The van der Waals surface area contributed by atoms with Crippen molar-refractivity contribution in [1.29, 1.82) is 5.26 Å². The summed E-state index contributed by atoms with van der Waals surface area (Å²) in [5, 5.41) is 13.9. The van der Waals surface area contributed by atoms with E-state index in [-0.39, 0.29) is 12.4 Å². The molecule has 154 valence electrons. The van der Waals surface area contributed by atoms with Gasteiger partial charge in [0.1, 0.15) is 18.5 Å². The third kappa shape index (κ3) is 3.96. The molecule has 0 atom stereocenters. The summed E-state index contributed by atoms with van der Waals surface area (Å²) in [6, 6.07) is 13.8. The largest absolute Gasteiger partial charge is 0.458 e. The number of hydrogen-bond acceptors (Lipinski definition) is 4. The molecular formula is C24H19FN4O2. The van der Waals surface area contributed by atoms with Crippen molar-refractivity contribution in [2.45, 2.75) is 20.5 Å². The van der Waals surface area contributed by atoms with Gasteiger partial charge in [0.05, 0.1) is 22.5 Å². The number of hydrogen-bond donors (Lipinski definition) is 0. The summed E-state index contributed by atoms with van der Waals surface area (Å²) in [5.74, 6) is -0.837. The lowest BCUT2D eigenvalue weighted by atomic mass is 10.2. The Bertz CT molecular complexity index is 1340. The Morgan fingerprint density at radius 2 is 2.00 bits per heavy atom. The molecule has 0 spiro atoms. The quantitative estimate of drug-likeness (QED) is 0.356. The van der Waals surface area contributed by atoms with E-state index in [0.717, 1.165) is 28.2 Å². The van der Waals surface area contributed by atoms with Crippen LogP contribution in [0.5, 0.6) is 0 Å². The molecule has 3 heterocycles. The smallest absolute Gasteiger partial charge is 0.331 e. The van der Waals surface area contributed by atoms with E-state index in [9.17, 15) is 14.4 Å². The van der Waals surface area contributed by atoms with Crippen LogP contribution in [0.25, 0.3) is 17.3 Å². The predicted octanol–water partition coefficient (Wildman–Crippen LogP) is 4.51. The molecule has 0 aliphatic heterocycles. The van der Waals surface area contributed by atoms with Crippen LogP contribution < -0.4 is 0 Å². The Morgan fingerprint density at radius 1 is 1.23 bits per heavy atom. The third-order valence-electron chi connectivity index (χ3n) is 5.05. The summed E-state index contributed by atoms with van der Waals surface area (Å²) in [6.07, 6.45) is 6.62. The van der Waals surface area contributed by atoms with E-state index in [1.54, 1.807) is 29.1 Å². The van der Waals surface area contributed by atoms with Gasteiger partial charge in [-0.15, -0.1) is 0 Å². The highest BCUT2D eigenvalue weighted by molar-refractivity contribution is 5.87. The minimum atomic E-state index is -0.521. The first kappa shape index (κ1) is 20.1. The van der Waals surface area contributed by atoms with Gasteiger partial charge in [-0.1, -0.05) is 6.07 Å². The number of carbonyl (C=O) groups is 1. The van der Waals surface area contributed by atoms with E-state index >= 15 is 0 Å². The maximum Gasteiger partial charge on any atom is 0.331 e. The minimum absolute atomic E-state index is 0.000548. The van der Waals surface area contributed by atoms with Crippen LogP contribution in [0, 0.1) is 31.0 Å². The topological polar surface area (TPSA) is 72.3 Å². The molecule has 0 radical (unpaired) electrons. The fourth-order valence-corrected chi connectivity index (χ4v) is 3.49. The first-order chi connectivity index (χ1) is 15.0. The summed E-state index contributed by atoms with van der Waals surface area (Å²) in [5.41, 5.74) is 4.97. The van der Waals surface area contributed by atoms with E-state index in [1.807, 2.05) is 42.6 Å². The number of carbonyl (C=O) groups excluding carboxylic acids is 1. The van der Waals surface area contributed by atoms with Gasteiger partial charge >= 0.3 is 5.97 Å². The van der Waals surface area contributed by atoms with Gasteiger partial charge in [-0.05, 0) is 56.3 Å². The molecule has 0 N–H and O–H groups in total. The maximum atomic E-state index is 13.2. The number of fused-ring (bicyclic) bond motifs is 1. The fourth-order valence-electron chi connectivity index (χ4n) is 3.49. The fraction of sp³-hybridized carbons (Fsp3) is 0.125. The molecule has 0 saturated carbocycles. The maximum absolute atomic E-state index is 13.2. The number of aromatic nitrogens is 3. The number of nitriles is 1. The summed E-state index contributed by atoms with van der Waals surface area (Å²) in [6.45, 7) is 3.71. The molecule has 3 aromatic heterocycles. The molecule has 0 aliphatic carbocycles. The van der Waals surface area contributed by atoms with Crippen molar-refractivity contribution in [3.05, 3.63) is 94.8 Å². The van der Waals surface area contributed by atoms with Crippen molar-refractivity contribution in [1.82, 2.24) is 14.2 Å². The van der Waals surface area contributed by atoms with Crippen molar-refractivity contribution in [2.24, 2.45) is 0 Å². The van der Waals surface area contributed by atoms with Gasteiger partial charge in [0.25, 0.3) is 0 Å². The zero-order chi connectivity index (χ0) is 22.0. The summed E-state index contributed by atoms with van der Waals surface area (Å²) >= 11 is 0. The van der Waals surface area contributed by atoms with Crippen LogP contribution >= 0.6 is 0 Å². The number of pyridine rings is 1.